The Bertz CT molecular complexity index is 443. The highest BCUT2D eigenvalue weighted by Gasteiger charge is 2.05. The number of hydrogen-bond acceptors (Lipinski definition) is 0. The minimum atomic E-state index is 0.706. The molecule has 0 fully saturated rings. The monoisotopic (exact) mass is 251 g/mol. The molecule has 0 aliphatic heterocycles. The maximum atomic E-state index is 3.47. The van der Waals surface area contributed by atoms with Crippen LogP contribution >= 0.6 is 15.9 Å². The molecule has 0 aliphatic carbocycles. The van der Waals surface area contributed by atoms with E-state index in [2.05, 4.69) is 59.2 Å². The van der Waals surface area contributed by atoms with Crippen LogP contribution in [-0.2, 0) is 6.42 Å². The van der Waals surface area contributed by atoms with E-state index in [1.165, 1.54) is 16.5 Å². The van der Waals surface area contributed by atoms with Crippen molar-refractivity contribution in [2.45, 2.75) is 20.3 Å². The van der Waals surface area contributed by atoms with Gasteiger partial charge in [0, 0.05) is 21.6 Å². The SMILES string of the molecule is CC(C)Cc1c[nH]c2cc(Br)ccc12. The van der Waals surface area contributed by atoms with Crippen molar-refractivity contribution in [2.24, 2.45) is 5.92 Å². The van der Waals surface area contributed by atoms with Gasteiger partial charge in [-0.15, -0.1) is 0 Å². The third-order valence-electron chi connectivity index (χ3n) is 2.36. The number of aromatic amines is 1. The molecule has 2 heteroatoms. The summed E-state index contributed by atoms with van der Waals surface area (Å²) in [5, 5.41) is 1.35. The summed E-state index contributed by atoms with van der Waals surface area (Å²) in [6.45, 7) is 4.50. The van der Waals surface area contributed by atoms with E-state index in [4.69, 9.17) is 0 Å². The number of fused-ring (bicyclic) bond motifs is 1. The fraction of sp³-hybridized carbons (Fsp3) is 0.333. The lowest BCUT2D eigenvalue weighted by molar-refractivity contribution is 0.650. The zero-order valence-electron chi connectivity index (χ0n) is 8.47. The first-order valence-electron chi connectivity index (χ1n) is 4.92. The van der Waals surface area contributed by atoms with Gasteiger partial charge in [0.05, 0.1) is 0 Å². The molecule has 0 bridgehead atoms. The largest absolute Gasteiger partial charge is 0.361 e. The Hall–Kier alpha value is -0.760. The Morgan fingerprint density at radius 1 is 1.36 bits per heavy atom. The molecule has 0 aliphatic rings. The summed E-state index contributed by atoms with van der Waals surface area (Å²) < 4.78 is 1.13. The van der Waals surface area contributed by atoms with Gasteiger partial charge in [-0.2, -0.15) is 0 Å². The average Bonchev–Trinajstić information content (AvgIpc) is 2.47. The van der Waals surface area contributed by atoms with Gasteiger partial charge >= 0.3 is 0 Å². The molecular formula is C12H14BrN. The fourth-order valence-electron chi connectivity index (χ4n) is 1.77. The van der Waals surface area contributed by atoms with Crippen molar-refractivity contribution in [3.63, 3.8) is 0 Å². The summed E-state index contributed by atoms with van der Waals surface area (Å²) in [5.74, 6) is 0.706. The number of H-pyrrole nitrogens is 1. The second-order valence-corrected chi connectivity index (χ2v) is 5.02. The van der Waals surface area contributed by atoms with Crippen LogP contribution in [0.3, 0.4) is 0 Å². The van der Waals surface area contributed by atoms with Gasteiger partial charge in [-0.05, 0) is 30.0 Å². The topological polar surface area (TPSA) is 15.8 Å². The molecule has 0 spiro atoms. The maximum absolute atomic E-state index is 3.47. The minimum absolute atomic E-state index is 0.706. The molecule has 0 saturated heterocycles. The zero-order valence-corrected chi connectivity index (χ0v) is 10.1. The molecule has 0 radical (unpaired) electrons. The quantitative estimate of drug-likeness (QED) is 0.827. The van der Waals surface area contributed by atoms with Crippen LogP contribution in [0.2, 0.25) is 0 Å². The summed E-state index contributed by atoms with van der Waals surface area (Å²) in [6.07, 6.45) is 3.26. The highest BCUT2D eigenvalue weighted by Crippen LogP contribution is 2.23. The van der Waals surface area contributed by atoms with E-state index in [-0.39, 0.29) is 0 Å². The molecule has 1 nitrogen and oxygen atoms in total. The van der Waals surface area contributed by atoms with Crippen LogP contribution in [-0.4, -0.2) is 4.98 Å². The zero-order chi connectivity index (χ0) is 10.1. The second kappa shape index (κ2) is 3.77. The van der Waals surface area contributed by atoms with Crippen LogP contribution < -0.4 is 0 Å². The van der Waals surface area contributed by atoms with E-state index in [1.54, 1.807) is 0 Å². The summed E-state index contributed by atoms with van der Waals surface area (Å²) in [7, 11) is 0. The summed E-state index contributed by atoms with van der Waals surface area (Å²) in [6, 6.07) is 6.40. The van der Waals surface area contributed by atoms with E-state index in [1.807, 2.05) is 0 Å². The molecular weight excluding hydrogens is 238 g/mol. The van der Waals surface area contributed by atoms with Crippen LogP contribution in [0.1, 0.15) is 19.4 Å². The van der Waals surface area contributed by atoms with Crippen molar-refractivity contribution < 1.29 is 0 Å². The lowest BCUT2D eigenvalue weighted by atomic mass is 10.0. The number of nitrogens with one attached hydrogen (secondary N) is 1. The van der Waals surface area contributed by atoms with Crippen molar-refractivity contribution in [2.75, 3.05) is 0 Å². The predicted molar refractivity (Wildman–Crippen MR) is 64.5 cm³/mol. The summed E-state index contributed by atoms with van der Waals surface area (Å²) in [5.41, 5.74) is 2.64. The van der Waals surface area contributed by atoms with E-state index >= 15 is 0 Å². The molecule has 1 N–H and O–H groups in total. The number of aromatic nitrogens is 1. The van der Waals surface area contributed by atoms with Gasteiger partial charge in [0.2, 0.25) is 0 Å². The third-order valence-corrected chi connectivity index (χ3v) is 2.85. The Kier molecular flexibility index (Phi) is 2.64. The molecule has 0 unspecified atom stereocenters. The van der Waals surface area contributed by atoms with Crippen LogP contribution in [0.5, 0.6) is 0 Å². The molecule has 14 heavy (non-hydrogen) atoms. The van der Waals surface area contributed by atoms with Crippen LogP contribution in [0.4, 0.5) is 0 Å². The number of halogens is 1. The van der Waals surface area contributed by atoms with Gasteiger partial charge in [-0.3, -0.25) is 0 Å². The van der Waals surface area contributed by atoms with Gasteiger partial charge in [0.15, 0.2) is 0 Å². The Morgan fingerprint density at radius 2 is 2.14 bits per heavy atom. The fourth-order valence-corrected chi connectivity index (χ4v) is 2.13. The smallest absolute Gasteiger partial charge is 0.0468 e. The highest BCUT2D eigenvalue weighted by atomic mass is 79.9. The lowest BCUT2D eigenvalue weighted by Crippen LogP contribution is -1.91. The van der Waals surface area contributed by atoms with E-state index in [0.717, 1.165) is 10.9 Å². The third kappa shape index (κ3) is 1.85. The standard InChI is InChI=1S/C12H14BrN/c1-8(2)5-9-7-14-12-6-10(13)3-4-11(9)12/h3-4,6-8,14H,5H2,1-2H3. The number of benzene rings is 1. The predicted octanol–water partition coefficient (Wildman–Crippen LogP) is 4.13. The Labute approximate surface area is 92.6 Å². The van der Waals surface area contributed by atoms with Gasteiger partial charge in [0.1, 0.15) is 0 Å². The first kappa shape index (κ1) is 9.78. The van der Waals surface area contributed by atoms with Crippen molar-refractivity contribution in [3.8, 4) is 0 Å². The van der Waals surface area contributed by atoms with Crippen LogP contribution in [0, 0.1) is 5.92 Å². The summed E-state index contributed by atoms with van der Waals surface area (Å²) >= 11 is 3.47. The molecule has 0 atom stereocenters. The molecule has 1 heterocycles. The molecule has 2 aromatic rings. The number of hydrogen-bond donors (Lipinski definition) is 1. The van der Waals surface area contributed by atoms with Crippen molar-refractivity contribution in [1.29, 1.82) is 0 Å². The molecule has 0 saturated carbocycles. The molecule has 74 valence electrons. The molecule has 2 rings (SSSR count). The molecule has 1 aromatic carbocycles. The lowest BCUT2D eigenvalue weighted by Gasteiger charge is -2.02. The van der Waals surface area contributed by atoms with Crippen molar-refractivity contribution in [3.05, 3.63) is 34.4 Å². The Balaban J connectivity index is 2.47. The normalized spacial score (nSPS) is 11.4. The molecule has 1 aromatic heterocycles. The van der Waals surface area contributed by atoms with Crippen LogP contribution in [0.15, 0.2) is 28.9 Å². The number of rotatable bonds is 2. The Morgan fingerprint density at radius 3 is 2.86 bits per heavy atom. The van der Waals surface area contributed by atoms with Gasteiger partial charge < -0.3 is 4.98 Å². The van der Waals surface area contributed by atoms with E-state index in [9.17, 15) is 0 Å². The van der Waals surface area contributed by atoms with E-state index in [0.29, 0.717) is 5.92 Å². The summed E-state index contributed by atoms with van der Waals surface area (Å²) in [4.78, 5) is 3.30. The van der Waals surface area contributed by atoms with Crippen molar-refractivity contribution in [1.82, 2.24) is 4.98 Å². The van der Waals surface area contributed by atoms with Gasteiger partial charge in [0.25, 0.3) is 0 Å². The average molecular weight is 252 g/mol. The first-order chi connectivity index (χ1) is 6.66. The second-order valence-electron chi connectivity index (χ2n) is 4.10. The van der Waals surface area contributed by atoms with Crippen LogP contribution in [0.25, 0.3) is 10.9 Å². The van der Waals surface area contributed by atoms with Gasteiger partial charge in [-0.25, -0.2) is 0 Å². The van der Waals surface area contributed by atoms with E-state index < -0.39 is 0 Å². The van der Waals surface area contributed by atoms with Crippen molar-refractivity contribution >= 4 is 26.8 Å². The highest BCUT2D eigenvalue weighted by molar-refractivity contribution is 9.10. The van der Waals surface area contributed by atoms with Gasteiger partial charge in [-0.1, -0.05) is 35.8 Å². The molecule has 0 amide bonds. The maximum Gasteiger partial charge on any atom is 0.0468 e. The minimum Gasteiger partial charge on any atom is -0.361 e. The first-order valence-corrected chi connectivity index (χ1v) is 5.71.